The average Bonchev–Trinajstić information content (AvgIpc) is 2.96. The Morgan fingerprint density at radius 3 is 2.35 bits per heavy atom. The highest BCUT2D eigenvalue weighted by atomic mass is 16.3. The Labute approximate surface area is 193 Å². The minimum absolute atomic E-state index is 0.0465. The molecule has 0 aliphatic heterocycles. The van der Waals surface area contributed by atoms with E-state index in [1.54, 1.807) is 0 Å². The smallest absolute Gasteiger partial charge is 0.0594 e. The SMILES string of the molecule is CC(C)=CCCC(C)C1CC[C@]2(C)C3=C(CC[C@@]12C)[C@@]1(C)CCC(O)C(C)(C)C1CC3. The Hall–Kier alpha value is -0.560. The molecule has 0 saturated heterocycles. The minimum Gasteiger partial charge on any atom is -0.393 e. The van der Waals surface area contributed by atoms with Crippen LogP contribution in [-0.2, 0) is 0 Å². The molecule has 0 bridgehead atoms. The van der Waals surface area contributed by atoms with Crippen LogP contribution in [0.25, 0.3) is 0 Å². The van der Waals surface area contributed by atoms with E-state index in [2.05, 4.69) is 61.5 Å². The van der Waals surface area contributed by atoms with Crippen molar-refractivity contribution >= 4 is 0 Å². The van der Waals surface area contributed by atoms with Crippen LogP contribution in [0.4, 0.5) is 0 Å². The molecule has 4 unspecified atom stereocenters. The monoisotopic (exact) mass is 426 g/mol. The molecule has 0 aromatic carbocycles. The van der Waals surface area contributed by atoms with Gasteiger partial charge in [-0.25, -0.2) is 0 Å². The van der Waals surface area contributed by atoms with E-state index in [1.807, 2.05) is 11.1 Å². The lowest BCUT2D eigenvalue weighted by atomic mass is 9.43. The van der Waals surface area contributed by atoms with Crippen molar-refractivity contribution in [1.29, 1.82) is 0 Å². The molecule has 1 N–H and O–H groups in total. The van der Waals surface area contributed by atoms with Gasteiger partial charge in [-0.3, -0.25) is 0 Å². The van der Waals surface area contributed by atoms with Crippen LogP contribution in [0, 0.1) is 39.4 Å². The van der Waals surface area contributed by atoms with Crippen LogP contribution in [-0.4, -0.2) is 11.2 Å². The normalized spacial score (nSPS) is 44.9. The van der Waals surface area contributed by atoms with E-state index in [4.69, 9.17) is 0 Å². The highest BCUT2D eigenvalue weighted by Gasteiger charge is 2.63. The first-order chi connectivity index (χ1) is 14.4. The summed E-state index contributed by atoms with van der Waals surface area (Å²) in [7, 11) is 0. The van der Waals surface area contributed by atoms with Gasteiger partial charge in [0.1, 0.15) is 0 Å². The molecular weight excluding hydrogens is 376 g/mol. The Morgan fingerprint density at radius 2 is 1.68 bits per heavy atom. The number of allylic oxidation sites excluding steroid dienone is 4. The molecule has 31 heavy (non-hydrogen) atoms. The summed E-state index contributed by atoms with van der Waals surface area (Å²) < 4.78 is 0. The summed E-state index contributed by atoms with van der Waals surface area (Å²) in [5, 5.41) is 10.8. The van der Waals surface area contributed by atoms with Crippen LogP contribution >= 0.6 is 0 Å². The second-order valence-corrected chi connectivity index (χ2v) is 13.6. The number of hydrogen-bond donors (Lipinski definition) is 1. The van der Waals surface area contributed by atoms with Crippen LogP contribution in [0.2, 0.25) is 0 Å². The van der Waals surface area contributed by atoms with E-state index in [-0.39, 0.29) is 11.5 Å². The molecule has 4 aliphatic rings. The van der Waals surface area contributed by atoms with Gasteiger partial charge < -0.3 is 5.11 Å². The maximum absolute atomic E-state index is 10.8. The van der Waals surface area contributed by atoms with Gasteiger partial charge >= 0.3 is 0 Å². The van der Waals surface area contributed by atoms with Crippen LogP contribution in [0.3, 0.4) is 0 Å². The maximum atomic E-state index is 10.8. The lowest BCUT2D eigenvalue weighted by Crippen LogP contribution is -2.55. The largest absolute Gasteiger partial charge is 0.393 e. The molecule has 4 aliphatic carbocycles. The van der Waals surface area contributed by atoms with Crippen molar-refractivity contribution < 1.29 is 5.11 Å². The van der Waals surface area contributed by atoms with Gasteiger partial charge in [0.25, 0.3) is 0 Å². The van der Waals surface area contributed by atoms with E-state index in [0.717, 1.165) is 18.3 Å². The first-order valence-corrected chi connectivity index (χ1v) is 13.4. The second kappa shape index (κ2) is 7.75. The van der Waals surface area contributed by atoms with E-state index < -0.39 is 0 Å². The van der Waals surface area contributed by atoms with E-state index in [0.29, 0.717) is 22.2 Å². The molecule has 0 radical (unpaired) electrons. The lowest BCUT2D eigenvalue weighted by Gasteiger charge is -2.62. The minimum atomic E-state index is -0.130. The fraction of sp³-hybridized carbons (Fsp3) is 0.867. The van der Waals surface area contributed by atoms with Gasteiger partial charge in [0.2, 0.25) is 0 Å². The summed E-state index contributed by atoms with van der Waals surface area (Å²) in [5.41, 5.74) is 6.41. The average molecular weight is 427 g/mol. The first kappa shape index (κ1) is 23.6. The van der Waals surface area contributed by atoms with Crippen molar-refractivity contribution in [1.82, 2.24) is 0 Å². The Bertz CT molecular complexity index is 767. The molecule has 0 aromatic heterocycles. The molecule has 4 rings (SSSR count). The van der Waals surface area contributed by atoms with Crippen molar-refractivity contribution in [2.75, 3.05) is 0 Å². The van der Waals surface area contributed by atoms with E-state index >= 15 is 0 Å². The standard InChI is InChI=1S/C30H50O/c1-20(2)10-9-11-21(3)22-14-18-30(8)24-12-13-25-27(4,5)26(31)16-17-28(25,6)23(24)15-19-29(22,30)7/h10,21-22,25-26,31H,9,11-19H2,1-8H3/t21?,22?,25?,26?,28-,29+,30-/m1/s1. The molecule has 1 heteroatoms. The third kappa shape index (κ3) is 3.34. The number of fused-ring (bicyclic) bond motifs is 4. The van der Waals surface area contributed by atoms with Gasteiger partial charge in [-0.05, 0) is 117 Å². The third-order valence-corrected chi connectivity index (χ3v) is 11.7. The maximum Gasteiger partial charge on any atom is 0.0594 e. The summed E-state index contributed by atoms with van der Waals surface area (Å²) in [5.74, 6) is 2.32. The van der Waals surface area contributed by atoms with E-state index in [1.165, 1.54) is 63.4 Å². The molecule has 0 aromatic rings. The molecule has 0 heterocycles. The molecule has 2 saturated carbocycles. The summed E-state index contributed by atoms with van der Waals surface area (Å²) in [6, 6.07) is 0. The molecule has 0 amide bonds. The van der Waals surface area contributed by atoms with Crippen molar-refractivity contribution in [3.8, 4) is 0 Å². The predicted molar refractivity (Wildman–Crippen MR) is 133 cm³/mol. The molecule has 176 valence electrons. The Balaban J connectivity index is 1.65. The Morgan fingerprint density at radius 1 is 0.968 bits per heavy atom. The fourth-order valence-corrected chi connectivity index (χ4v) is 9.47. The molecule has 7 atom stereocenters. The number of aliphatic hydroxyl groups is 1. The highest BCUT2D eigenvalue weighted by Crippen LogP contribution is 2.72. The van der Waals surface area contributed by atoms with Crippen LogP contribution in [0.5, 0.6) is 0 Å². The Kier molecular flexibility index (Phi) is 5.90. The summed E-state index contributed by atoms with van der Waals surface area (Å²) in [6.07, 6.45) is 15.2. The third-order valence-electron chi connectivity index (χ3n) is 11.7. The lowest BCUT2D eigenvalue weighted by molar-refractivity contribution is -0.0962. The van der Waals surface area contributed by atoms with Crippen LogP contribution in [0.15, 0.2) is 22.8 Å². The van der Waals surface area contributed by atoms with Crippen LogP contribution in [0.1, 0.15) is 120 Å². The summed E-state index contributed by atoms with van der Waals surface area (Å²) in [6.45, 7) is 19.6. The van der Waals surface area contributed by atoms with Crippen molar-refractivity contribution in [2.24, 2.45) is 39.4 Å². The zero-order valence-corrected chi connectivity index (χ0v) is 21.9. The number of rotatable bonds is 4. The fourth-order valence-electron chi connectivity index (χ4n) is 9.47. The number of hydrogen-bond acceptors (Lipinski definition) is 1. The quantitative estimate of drug-likeness (QED) is 0.447. The van der Waals surface area contributed by atoms with Crippen molar-refractivity contribution in [3.05, 3.63) is 22.8 Å². The zero-order chi connectivity index (χ0) is 22.8. The predicted octanol–water partition coefficient (Wildman–Crippen LogP) is 8.48. The molecule has 2 fully saturated rings. The first-order valence-electron chi connectivity index (χ1n) is 13.4. The van der Waals surface area contributed by atoms with Crippen molar-refractivity contribution in [2.45, 2.75) is 126 Å². The zero-order valence-electron chi connectivity index (χ0n) is 21.9. The molecule has 1 nitrogen and oxygen atoms in total. The molecular formula is C30H50O. The highest BCUT2D eigenvalue weighted by molar-refractivity contribution is 5.38. The second-order valence-electron chi connectivity index (χ2n) is 13.6. The summed E-state index contributed by atoms with van der Waals surface area (Å²) in [4.78, 5) is 0. The molecule has 0 spiro atoms. The van der Waals surface area contributed by atoms with Crippen LogP contribution < -0.4 is 0 Å². The van der Waals surface area contributed by atoms with Gasteiger partial charge in [0, 0.05) is 0 Å². The van der Waals surface area contributed by atoms with Gasteiger partial charge in [0.05, 0.1) is 6.10 Å². The summed E-state index contributed by atoms with van der Waals surface area (Å²) >= 11 is 0. The van der Waals surface area contributed by atoms with Crippen molar-refractivity contribution in [3.63, 3.8) is 0 Å². The van der Waals surface area contributed by atoms with Gasteiger partial charge in [-0.1, -0.05) is 64.3 Å². The van der Waals surface area contributed by atoms with Gasteiger partial charge in [-0.2, -0.15) is 0 Å². The van der Waals surface area contributed by atoms with Gasteiger partial charge in [-0.15, -0.1) is 0 Å². The number of aliphatic hydroxyl groups excluding tert-OH is 1. The van der Waals surface area contributed by atoms with Gasteiger partial charge in [0.15, 0.2) is 0 Å². The topological polar surface area (TPSA) is 20.2 Å². The van der Waals surface area contributed by atoms with E-state index in [9.17, 15) is 5.11 Å².